The van der Waals surface area contributed by atoms with Crippen molar-refractivity contribution in [1.29, 1.82) is 0 Å². The third-order valence-corrected chi connectivity index (χ3v) is 5.52. The molecular formula is C28H28O5. The van der Waals surface area contributed by atoms with Gasteiger partial charge in [-0.05, 0) is 28.3 Å². The molecule has 3 atom stereocenters. The Kier molecular flexibility index (Phi) is 8.17. The van der Waals surface area contributed by atoms with E-state index in [2.05, 4.69) is 0 Å². The summed E-state index contributed by atoms with van der Waals surface area (Å²) in [5.41, 5.74) is 3.55. The third kappa shape index (κ3) is 6.46. The summed E-state index contributed by atoms with van der Waals surface area (Å²) in [6, 6.07) is 29.1. The van der Waals surface area contributed by atoms with E-state index in [0.717, 1.165) is 16.7 Å². The van der Waals surface area contributed by atoms with Crippen molar-refractivity contribution in [2.45, 2.75) is 38.1 Å². The highest BCUT2D eigenvalue weighted by Crippen LogP contribution is 2.25. The molecule has 3 aromatic rings. The summed E-state index contributed by atoms with van der Waals surface area (Å²) in [5, 5.41) is 11.1. The molecule has 1 aliphatic carbocycles. The molecule has 0 aliphatic heterocycles. The lowest BCUT2D eigenvalue weighted by Crippen LogP contribution is -2.49. The third-order valence-electron chi connectivity index (χ3n) is 5.52. The zero-order valence-electron chi connectivity index (χ0n) is 18.4. The number of hydrogen-bond donors (Lipinski definition) is 1. The van der Waals surface area contributed by atoms with Crippen molar-refractivity contribution >= 4 is 5.78 Å². The highest BCUT2D eigenvalue weighted by Gasteiger charge is 2.40. The number of benzene rings is 3. The Morgan fingerprint density at radius 2 is 1.06 bits per heavy atom. The molecule has 0 aromatic heterocycles. The van der Waals surface area contributed by atoms with Crippen LogP contribution in [0.3, 0.4) is 0 Å². The first-order valence-corrected chi connectivity index (χ1v) is 11.1. The van der Waals surface area contributed by atoms with Crippen molar-refractivity contribution in [2.75, 3.05) is 6.61 Å². The first-order valence-electron chi connectivity index (χ1n) is 11.1. The van der Waals surface area contributed by atoms with E-state index in [1.54, 1.807) is 0 Å². The van der Waals surface area contributed by atoms with Crippen LogP contribution < -0.4 is 0 Å². The summed E-state index contributed by atoms with van der Waals surface area (Å²) in [4.78, 5) is 12.8. The van der Waals surface area contributed by atoms with Crippen LogP contribution in [0.1, 0.15) is 16.7 Å². The predicted molar refractivity (Wildman–Crippen MR) is 125 cm³/mol. The minimum absolute atomic E-state index is 0.183. The fourth-order valence-electron chi connectivity index (χ4n) is 3.78. The molecule has 3 aromatic carbocycles. The van der Waals surface area contributed by atoms with Gasteiger partial charge in [0.15, 0.2) is 5.78 Å². The van der Waals surface area contributed by atoms with Gasteiger partial charge in [0.25, 0.3) is 0 Å². The van der Waals surface area contributed by atoms with E-state index in [-0.39, 0.29) is 19.0 Å². The number of carbonyl (C=O) groups excluding carboxylic acids is 1. The van der Waals surface area contributed by atoms with Crippen LogP contribution in [0.25, 0.3) is 0 Å². The second-order valence-corrected chi connectivity index (χ2v) is 8.03. The summed E-state index contributed by atoms with van der Waals surface area (Å²) in [6.45, 7) is 1.12. The number of ether oxygens (including phenoxy) is 3. The van der Waals surface area contributed by atoms with Crippen LogP contribution >= 0.6 is 0 Å². The summed E-state index contributed by atoms with van der Waals surface area (Å²) < 4.78 is 17.8. The molecule has 0 spiro atoms. The molecule has 5 nitrogen and oxygen atoms in total. The van der Waals surface area contributed by atoms with Gasteiger partial charge in [-0.3, -0.25) is 4.79 Å². The van der Waals surface area contributed by atoms with Gasteiger partial charge in [-0.1, -0.05) is 91.0 Å². The van der Waals surface area contributed by atoms with Gasteiger partial charge in [0.2, 0.25) is 0 Å². The fraction of sp³-hybridized carbons (Fsp3) is 0.250. The average Bonchev–Trinajstić information content (AvgIpc) is 2.85. The molecule has 0 bridgehead atoms. The molecule has 1 aliphatic rings. The zero-order chi connectivity index (χ0) is 22.9. The van der Waals surface area contributed by atoms with Crippen molar-refractivity contribution < 1.29 is 24.1 Å². The number of carbonyl (C=O) groups is 1. The van der Waals surface area contributed by atoms with Crippen LogP contribution in [-0.4, -0.2) is 35.8 Å². The quantitative estimate of drug-likeness (QED) is 0.507. The average molecular weight is 445 g/mol. The molecule has 0 radical (unpaired) electrons. The van der Waals surface area contributed by atoms with Gasteiger partial charge >= 0.3 is 0 Å². The standard InChI is InChI=1S/C28H28O5/c29-25-16-24(20-31-17-21-10-4-1-5-11-21)27(32-18-22-12-6-2-7-13-22)26(30)28(25)33-19-23-14-8-3-9-15-23/h1-16,26-28,30H,17-20H2/t26-,27+,28-/m0/s1. The summed E-state index contributed by atoms with van der Waals surface area (Å²) in [6.07, 6.45) is -1.34. The summed E-state index contributed by atoms with van der Waals surface area (Å²) in [7, 11) is 0. The molecule has 0 amide bonds. The Balaban J connectivity index is 1.45. The monoisotopic (exact) mass is 444 g/mol. The Morgan fingerprint density at radius 3 is 1.58 bits per heavy atom. The fourth-order valence-corrected chi connectivity index (χ4v) is 3.78. The van der Waals surface area contributed by atoms with Gasteiger partial charge in [0, 0.05) is 0 Å². The summed E-state index contributed by atoms with van der Waals surface area (Å²) >= 11 is 0. The van der Waals surface area contributed by atoms with E-state index >= 15 is 0 Å². The molecule has 5 heteroatoms. The molecule has 0 unspecified atom stereocenters. The second-order valence-electron chi connectivity index (χ2n) is 8.03. The minimum Gasteiger partial charge on any atom is -0.387 e. The van der Waals surface area contributed by atoms with Crippen molar-refractivity contribution in [3.8, 4) is 0 Å². The van der Waals surface area contributed by atoms with E-state index < -0.39 is 18.3 Å². The molecule has 170 valence electrons. The van der Waals surface area contributed by atoms with Gasteiger partial charge in [-0.2, -0.15) is 0 Å². The van der Waals surface area contributed by atoms with Gasteiger partial charge in [-0.25, -0.2) is 0 Å². The van der Waals surface area contributed by atoms with Crippen LogP contribution in [0.4, 0.5) is 0 Å². The normalized spacial score (nSPS) is 20.5. The van der Waals surface area contributed by atoms with Gasteiger partial charge < -0.3 is 19.3 Å². The Bertz CT molecular complexity index is 1030. The predicted octanol–water partition coefficient (Wildman–Crippen LogP) is 4.24. The van der Waals surface area contributed by atoms with E-state index in [1.807, 2.05) is 91.0 Å². The van der Waals surface area contributed by atoms with Crippen molar-refractivity contribution in [3.05, 3.63) is 119 Å². The molecule has 0 fully saturated rings. The lowest BCUT2D eigenvalue weighted by Gasteiger charge is -2.34. The van der Waals surface area contributed by atoms with Crippen LogP contribution in [0.15, 0.2) is 103 Å². The first-order chi connectivity index (χ1) is 16.2. The van der Waals surface area contributed by atoms with E-state index in [9.17, 15) is 9.90 Å². The van der Waals surface area contributed by atoms with Crippen LogP contribution in [0.5, 0.6) is 0 Å². The zero-order valence-corrected chi connectivity index (χ0v) is 18.4. The lowest BCUT2D eigenvalue weighted by atomic mass is 9.90. The number of rotatable bonds is 10. The Labute approximate surface area is 194 Å². The minimum atomic E-state index is -1.13. The lowest BCUT2D eigenvalue weighted by molar-refractivity contribution is -0.149. The summed E-state index contributed by atoms with van der Waals surface area (Å²) in [5.74, 6) is -0.281. The first kappa shape index (κ1) is 23.1. The molecule has 0 heterocycles. The molecule has 4 rings (SSSR count). The SMILES string of the molecule is O=C1C=C(COCc2ccccc2)[C@@H](OCc2ccccc2)[C@H](O)[C@H]1OCc1ccccc1. The second kappa shape index (κ2) is 11.7. The van der Waals surface area contributed by atoms with Gasteiger partial charge in [-0.15, -0.1) is 0 Å². The van der Waals surface area contributed by atoms with Crippen molar-refractivity contribution in [3.63, 3.8) is 0 Å². The maximum atomic E-state index is 12.8. The topological polar surface area (TPSA) is 65.0 Å². The van der Waals surface area contributed by atoms with Crippen LogP contribution in [0, 0.1) is 0 Å². The van der Waals surface area contributed by atoms with Gasteiger partial charge in [0.1, 0.15) is 18.3 Å². The van der Waals surface area contributed by atoms with E-state index in [0.29, 0.717) is 18.8 Å². The highest BCUT2D eigenvalue weighted by atomic mass is 16.5. The number of hydrogen-bond acceptors (Lipinski definition) is 5. The van der Waals surface area contributed by atoms with E-state index in [4.69, 9.17) is 14.2 Å². The van der Waals surface area contributed by atoms with E-state index in [1.165, 1.54) is 6.08 Å². The van der Waals surface area contributed by atoms with Crippen molar-refractivity contribution in [2.24, 2.45) is 0 Å². The smallest absolute Gasteiger partial charge is 0.187 e. The van der Waals surface area contributed by atoms with Gasteiger partial charge in [0.05, 0.1) is 26.4 Å². The Morgan fingerprint density at radius 1 is 0.606 bits per heavy atom. The molecule has 0 saturated heterocycles. The molecular weight excluding hydrogens is 416 g/mol. The molecule has 33 heavy (non-hydrogen) atoms. The maximum Gasteiger partial charge on any atom is 0.187 e. The molecule has 0 saturated carbocycles. The highest BCUT2D eigenvalue weighted by molar-refractivity contribution is 5.96. The Hall–Kier alpha value is -3.09. The number of ketones is 1. The number of aliphatic hydroxyl groups is 1. The van der Waals surface area contributed by atoms with Crippen LogP contribution in [-0.2, 0) is 38.8 Å². The van der Waals surface area contributed by atoms with Crippen LogP contribution in [0.2, 0.25) is 0 Å². The van der Waals surface area contributed by atoms with Crippen molar-refractivity contribution in [1.82, 2.24) is 0 Å². The number of aliphatic hydroxyl groups excluding tert-OH is 1. The maximum absolute atomic E-state index is 12.8. The largest absolute Gasteiger partial charge is 0.387 e. The molecule has 1 N–H and O–H groups in total.